The van der Waals surface area contributed by atoms with Crippen molar-refractivity contribution in [2.24, 2.45) is 0 Å². The molecule has 0 heterocycles. The van der Waals surface area contributed by atoms with E-state index < -0.39 is 8.32 Å². The van der Waals surface area contributed by atoms with Gasteiger partial charge in [0, 0.05) is 12.1 Å². The lowest BCUT2D eigenvalue weighted by molar-refractivity contribution is 0.389. The zero-order chi connectivity index (χ0) is 14.7. The molecule has 3 nitrogen and oxygen atoms in total. The van der Waals surface area contributed by atoms with Crippen molar-refractivity contribution < 1.29 is 9.16 Å². The Morgan fingerprint density at radius 3 is 2.21 bits per heavy atom. The van der Waals surface area contributed by atoms with Gasteiger partial charge < -0.3 is 14.5 Å². The molecule has 0 amide bonds. The second-order valence-corrected chi connectivity index (χ2v) is 11.2. The SMILES string of the molecule is COc1cc(CNC(C)(C)C)ccc1O[Si](C)(C)C. The largest absolute Gasteiger partial charge is 0.542 e. The molecule has 0 spiro atoms. The molecule has 0 aliphatic carbocycles. The van der Waals surface area contributed by atoms with Gasteiger partial charge in [-0.15, -0.1) is 0 Å². The Labute approximate surface area is 118 Å². The number of methoxy groups -OCH3 is 1. The van der Waals surface area contributed by atoms with Crippen molar-refractivity contribution in [1.82, 2.24) is 5.32 Å². The third-order valence-corrected chi connectivity index (χ3v) is 3.30. The van der Waals surface area contributed by atoms with Gasteiger partial charge in [0.25, 0.3) is 0 Å². The third kappa shape index (κ3) is 6.12. The Kier molecular flexibility index (Phi) is 5.04. The van der Waals surface area contributed by atoms with Crippen molar-refractivity contribution in [3.63, 3.8) is 0 Å². The van der Waals surface area contributed by atoms with Crippen LogP contribution in [0.4, 0.5) is 0 Å². The van der Waals surface area contributed by atoms with E-state index in [1.165, 1.54) is 5.56 Å². The third-order valence-electron chi connectivity index (χ3n) is 2.47. The lowest BCUT2D eigenvalue weighted by Gasteiger charge is -2.23. The molecule has 0 radical (unpaired) electrons. The number of rotatable bonds is 5. The van der Waals surface area contributed by atoms with Crippen LogP contribution in [0.3, 0.4) is 0 Å². The minimum absolute atomic E-state index is 0.112. The van der Waals surface area contributed by atoms with Gasteiger partial charge in [-0.05, 0) is 58.1 Å². The van der Waals surface area contributed by atoms with Crippen molar-refractivity contribution in [2.75, 3.05) is 7.11 Å². The summed E-state index contributed by atoms with van der Waals surface area (Å²) in [5.41, 5.74) is 1.32. The molecule has 0 aromatic heterocycles. The van der Waals surface area contributed by atoms with Crippen LogP contribution in [0.2, 0.25) is 19.6 Å². The maximum Gasteiger partial charge on any atom is 0.242 e. The highest BCUT2D eigenvalue weighted by Crippen LogP contribution is 2.30. The first kappa shape index (κ1) is 16.1. The minimum Gasteiger partial charge on any atom is -0.542 e. The summed E-state index contributed by atoms with van der Waals surface area (Å²) < 4.78 is 11.5. The molecule has 0 unspecified atom stereocenters. The molecule has 1 rings (SSSR count). The molecular formula is C15H27NO2Si. The molecule has 1 N–H and O–H groups in total. The molecule has 19 heavy (non-hydrogen) atoms. The molecule has 0 aliphatic heterocycles. The summed E-state index contributed by atoms with van der Waals surface area (Å²) in [6, 6.07) is 6.15. The Hall–Kier alpha value is -1.00. The van der Waals surface area contributed by atoms with Crippen molar-refractivity contribution in [1.29, 1.82) is 0 Å². The molecule has 4 heteroatoms. The number of benzene rings is 1. The summed E-state index contributed by atoms with van der Waals surface area (Å²) in [5.74, 6) is 1.66. The zero-order valence-corrected chi connectivity index (χ0v) is 14.3. The topological polar surface area (TPSA) is 30.5 Å². The lowest BCUT2D eigenvalue weighted by Crippen LogP contribution is -2.35. The first-order chi connectivity index (χ1) is 8.61. The van der Waals surface area contributed by atoms with Gasteiger partial charge in [-0.25, -0.2) is 0 Å². The van der Waals surface area contributed by atoms with E-state index in [0.717, 1.165) is 18.0 Å². The molecule has 108 valence electrons. The predicted octanol–water partition coefficient (Wildman–Crippen LogP) is 3.80. The summed E-state index contributed by atoms with van der Waals surface area (Å²) in [6.45, 7) is 13.8. The van der Waals surface area contributed by atoms with Gasteiger partial charge in [0.1, 0.15) is 5.75 Å². The maximum atomic E-state index is 6.02. The predicted molar refractivity (Wildman–Crippen MR) is 83.6 cm³/mol. The van der Waals surface area contributed by atoms with Gasteiger partial charge in [0.2, 0.25) is 8.32 Å². The fourth-order valence-electron chi connectivity index (χ4n) is 1.60. The van der Waals surface area contributed by atoms with Gasteiger partial charge in [0.05, 0.1) is 7.11 Å². The molecule has 0 aliphatic rings. The number of ether oxygens (including phenoxy) is 1. The van der Waals surface area contributed by atoms with E-state index >= 15 is 0 Å². The minimum atomic E-state index is -1.61. The highest BCUT2D eigenvalue weighted by molar-refractivity contribution is 6.70. The average Bonchev–Trinajstić information content (AvgIpc) is 2.24. The molecule has 0 saturated heterocycles. The normalized spacial score (nSPS) is 12.4. The summed E-state index contributed by atoms with van der Waals surface area (Å²) in [7, 11) is 0.0808. The summed E-state index contributed by atoms with van der Waals surface area (Å²) in [5, 5.41) is 3.47. The van der Waals surface area contributed by atoms with Crippen LogP contribution in [0.15, 0.2) is 18.2 Å². The second-order valence-electron chi connectivity index (χ2n) is 6.80. The van der Waals surface area contributed by atoms with E-state index in [2.05, 4.69) is 51.8 Å². The first-order valence-electron chi connectivity index (χ1n) is 6.72. The molecule has 0 saturated carbocycles. The van der Waals surface area contributed by atoms with Gasteiger partial charge in [-0.2, -0.15) is 0 Å². The van der Waals surface area contributed by atoms with Crippen LogP contribution >= 0.6 is 0 Å². The quantitative estimate of drug-likeness (QED) is 0.833. The lowest BCUT2D eigenvalue weighted by atomic mass is 10.1. The highest BCUT2D eigenvalue weighted by Gasteiger charge is 2.19. The van der Waals surface area contributed by atoms with E-state index in [4.69, 9.17) is 9.16 Å². The van der Waals surface area contributed by atoms with Crippen molar-refractivity contribution in [3.05, 3.63) is 23.8 Å². The summed E-state index contributed by atoms with van der Waals surface area (Å²) in [6.07, 6.45) is 0. The summed E-state index contributed by atoms with van der Waals surface area (Å²) >= 11 is 0. The van der Waals surface area contributed by atoms with Crippen molar-refractivity contribution >= 4 is 8.32 Å². The van der Waals surface area contributed by atoms with Crippen LogP contribution < -0.4 is 14.5 Å². The zero-order valence-electron chi connectivity index (χ0n) is 13.3. The Morgan fingerprint density at radius 2 is 1.74 bits per heavy atom. The van der Waals surface area contributed by atoms with E-state index in [1.807, 2.05) is 12.1 Å². The van der Waals surface area contributed by atoms with Crippen LogP contribution in [-0.4, -0.2) is 21.0 Å². The van der Waals surface area contributed by atoms with Crippen LogP contribution in [0.5, 0.6) is 11.5 Å². The monoisotopic (exact) mass is 281 g/mol. The fraction of sp³-hybridized carbons (Fsp3) is 0.600. The molecule has 0 fully saturated rings. The average molecular weight is 281 g/mol. The summed E-state index contributed by atoms with van der Waals surface area (Å²) in [4.78, 5) is 0. The number of nitrogens with one attached hydrogen (secondary N) is 1. The van der Waals surface area contributed by atoms with Gasteiger partial charge in [-0.3, -0.25) is 0 Å². The van der Waals surface area contributed by atoms with Crippen LogP contribution in [0.25, 0.3) is 0 Å². The maximum absolute atomic E-state index is 6.02. The van der Waals surface area contributed by atoms with Crippen LogP contribution in [-0.2, 0) is 6.54 Å². The Bertz CT molecular complexity index is 419. The second kappa shape index (κ2) is 5.97. The van der Waals surface area contributed by atoms with E-state index in [9.17, 15) is 0 Å². The van der Waals surface area contributed by atoms with E-state index in [0.29, 0.717) is 0 Å². The van der Waals surface area contributed by atoms with E-state index in [-0.39, 0.29) is 5.54 Å². The molecular weight excluding hydrogens is 254 g/mol. The van der Waals surface area contributed by atoms with Crippen LogP contribution in [0, 0.1) is 0 Å². The highest BCUT2D eigenvalue weighted by atomic mass is 28.4. The Balaban J connectivity index is 2.84. The van der Waals surface area contributed by atoms with Crippen molar-refractivity contribution in [2.45, 2.75) is 52.5 Å². The Morgan fingerprint density at radius 1 is 1.11 bits per heavy atom. The number of hydrogen-bond donors (Lipinski definition) is 1. The van der Waals surface area contributed by atoms with Gasteiger partial charge in [0.15, 0.2) is 5.75 Å². The number of hydrogen-bond acceptors (Lipinski definition) is 3. The smallest absolute Gasteiger partial charge is 0.242 e. The van der Waals surface area contributed by atoms with Crippen molar-refractivity contribution in [3.8, 4) is 11.5 Å². The molecule has 1 aromatic rings. The molecule has 0 atom stereocenters. The first-order valence-corrected chi connectivity index (χ1v) is 10.1. The van der Waals surface area contributed by atoms with Gasteiger partial charge >= 0.3 is 0 Å². The molecule has 1 aromatic carbocycles. The van der Waals surface area contributed by atoms with E-state index in [1.54, 1.807) is 7.11 Å². The van der Waals surface area contributed by atoms with Crippen LogP contribution in [0.1, 0.15) is 26.3 Å². The molecule has 0 bridgehead atoms. The van der Waals surface area contributed by atoms with Gasteiger partial charge in [-0.1, -0.05) is 6.07 Å². The fourth-order valence-corrected chi connectivity index (χ4v) is 2.43. The standard InChI is InChI=1S/C15H27NO2Si/c1-15(2,3)16-11-12-8-9-13(14(10-12)17-4)18-19(5,6)7/h8-10,16H,11H2,1-7H3.